The molecule has 0 radical (unpaired) electrons. The number of benzene rings is 7. The van der Waals surface area contributed by atoms with Crippen LogP contribution in [-0.4, -0.2) is 117 Å². The lowest BCUT2D eigenvalue weighted by molar-refractivity contribution is -0.386. The zero-order valence-corrected chi connectivity index (χ0v) is 47.0. The minimum atomic E-state index is -1.60. The second kappa shape index (κ2) is 30.3. The van der Waals surface area contributed by atoms with E-state index >= 15 is 0 Å². The molecule has 7 aromatic carbocycles. The van der Waals surface area contributed by atoms with Crippen LogP contribution in [0.2, 0.25) is 0 Å². The zero-order chi connectivity index (χ0) is 57.2. The van der Waals surface area contributed by atoms with E-state index in [-0.39, 0.29) is 46.2 Å². The maximum absolute atomic E-state index is 14.0. The van der Waals surface area contributed by atoms with Gasteiger partial charge in [0.2, 0.25) is 0 Å². The average Bonchev–Trinajstić information content (AvgIpc) is 3.71. The Kier molecular flexibility index (Phi) is 21.8. The van der Waals surface area contributed by atoms with Crippen LogP contribution in [-0.2, 0) is 101 Å². The van der Waals surface area contributed by atoms with E-state index < -0.39 is 98.1 Å². The van der Waals surface area contributed by atoms with E-state index in [1.165, 1.54) is 7.11 Å². The van der Waals surface area contributed by atoms with Crippen molar-refractivity contribution < 1.29 is 71.5 Å². The topological polar surface area (TPSA) is 157 Å². The lowest BCUT2D eigenvalue weighted by Crippen LogP contribution is -2.67. The summed E-state index contributed by atoms with van der Waals surface area (Å²) in [5, 5.41) is 13.2. The number of esters is 1. The van der Waals surface area contributed by atoms with E-state index in [0.29, 0.717) is 5.56 Å². The molecular formula is C68H74O15. The fraction of sp³-hybridized carbons (Fsp3) is 0.368. The first-order valence-corrected chi connectivity index (χ1v) is 28.4. The Morgan fingerprint density at radius 2 is 0.747 bits per heavy atom. The van der Waals surface area contributed by atoms with Crippen LogP contribution in [0.25, 0.3) is 0 Å². The maximum atomic E-state index is 14.0. The summed E-state index contributed by atoms with van der Waals surface area (Å²) in [5.41, 5.74) is 5.82. The van der Waals surface area contributed by atoms with Gasteiger partial charge in [-0.3, -0.25) is 0 Å². The lowest BCUT2D eigenvalue weighted by atomic mass is 9.95. The van der Waals surface area contributed by atoms with Gasteiger partial charge >= 0.3 is 5.97 Å². The Bertz CT molecular complexity index is 2950. The van der Waals surface area contributed by atoms with E-state index in [0.717, 1.165) is 33.4 Å². The van der Waals surface area contributed by atoms with Crippen molar-refractivity contribution in [2.75, 3.05) is 13.7 Å². The van der Waals surface area contributed by atoms with Crippen molar-refractivity contribution in [1.82, 2.24) is 0 Å². The van der Waals surface area contributed by atoms with Crippen LogP contribution in [0.1, 0.15) is 57.6 Å². The molecule has 83 heavy (non-hydrogen) atoms. The zero-order valence-electron chi connectivity index (χ0n) is 47.0. The van der Waals surface area contributed by atoms with Crippen molar-refractivity contribution in [3.8, 4) is 0 Å². The van der Waals surface area contributed by atoms with Crippen molar-refractivity contribution in [1.29, 1.82) is 0 Å². The molecule has 3 aliphatic rings. The first-order chi connectivity index (χ1) is 40.8. The monoisotopic (exact) mass is 1130 g/mol. The van der Waals surface area contributed by atoms with Gasteiger partial charge in [-0.25, -0.2) is 4.79 Å². The molecule has 3 fully saturated rings. The Balaban J connectivity index is 1.02. The Hall–Kier alpha value is -6.51. The summed E-state index contributed by atoms with van der Waals surface area (Å²) in [6.07, 6.45) is -15.8. The SMILES string of the molecule is CO[C@@H]1O[C@H](C)[C@H](OCc2ccccc2)[C@@H](O[C@@H]2O[C@@H](C)[C@@H](OCc3ccccc3)[C@H](O[C@@H]3O[C@@H](COCc4ccccc4)[C@H](OCc4ccccc4)[C@@H](OCc4ccccc4)[C@@H]3OCc3ccccc3)[C@H]2O)[C@H]1OC(=O)c1ccccc1. The highest BCUT2D eigenvalue weighted by atomic mass is 16.8. The number of aliphatic hydroxyl groups excluding tert-OH is 1. The molecule has 0 aromatic heterocycles. The molecule has 15 nitrogen and oxygen atoms in total. The van der Waals surface area contributed by atoms with Gasteiger partial charge in [0.1, 0.15) is 54.9 Å². The summed E-state index contributed by atoms with van der Waals surface area (Å²) in [6.45, 7) is 4.88. The van der Waals surface area contributed by atoms with Gasteiger partial charge in [0, 0.05) is 7.11 Å². The number of carbonyl (C=O) groups excluding carboxylic acids is 1. The molecule has 0 amide bonds. The predicted molar refractivity (Wildman–Crippen MR) is 307 cm³/mol. The summed E-state index contributed by atoms with van der Waals surface area (Å²) in [5.74, 6) is -0.645. The fourth-order valence-corrected chi connectivity index (χ4v) is 10.6. The van der Waals surface area contributed by atoms with Gasteiger partial charge in [0.25, 0.3) is 0 Å². The third kappa shape index (κ3) is 16.2. The summed E-state index contributed by atoms with van der Waals surface area (Å²) in [4.78, 5) is 14.0. The quantitative estimate of drug-likeness (QED) is 0.0511. The molecule has 3 aliphatic heterocycles. The molecule has 0 unspecified atom stereocenters. The number of methoxy groups -OCH3 is 1. The summed E-state index contributed by atoms with van der Waals surface area (Å²) in [6, 6.07) is 67.5. The largest absolute Gasteiger partial charge is 0.450 e. The Morgan fingerprint density at radius 1 is 0.386 bits per heavy atom. The molecule has 0 saturated carbocycles. The van der Waals surface area contributed by atoms with Crippen LogP contribution in [0.15, 0.2) is 212 Å². The second-order valence-electron chi connectivity index (χ2n) is 20.9. The van der Waals surface area contributed by atoms with E-state index in [4.69, 9.17) is 61.6 Å². The number of hydrogen-bond donors (Lipinski definition) is 1. The van der Waals surface area contributed by atoms with Gasteiger partial charge in [-0.1, -0.05) is 200 Å². The molecule has 0 bridgehead atoms. The van der Waals surface area contributed by atoms with Crippen molar-refractivity contribution >= 4 is 5.97 Å². The summed E-state index contributed by atoms with van der Waals surface area (Å²) >= 11 is 0. The van der Waals surface area contributed by atoms with Crippen molar-refractivity contribution in [3.63, 3.8) is 0 Å². The number of aliphatic hydroxyl groups is 1. The third-order valence-electron chi connectivity index (χ3n) is 15.0. The van der Waals surface area contributed by atoms with Crippen molar-refractivity contribution in [3.05, 3.63) is 251 Å². The molecule has 15 heteroatoms. The molecule has 436 valence electrons. The highest BCUT2D eigenvalue weighted by Gasteiger charge is 2.56. The average molecular weight is 1130 g/mol. The normalized spacial score (nSPS) is 28.1. The van der Waals surface area contributed by atoms with Crippen LogP contribution in [0.5, 0.6) is 0 Å². The van der Waals surface area contributed by atoms with Crippen LogP contribution in [0.4, 0.5) is 0 Å². The second-order valence-corrected chi connectivity index (χ2v) is 20.9. The van der Waals surface area contributed by atoms with Crippen LogP contribution in [0.3, 0.4) is 0 Å². The molecule has 1 N–H and O–H groups in total. The van der Waals surface area contributed by atoms with Gasteiger partial charge in [-0.15, -0.1) is 0 Å². The van der Waals surface area contributed by atoms with Crippen LogP contribution < -0.4 is 0 Å². The van der Waals surface area contributed by atoms with E-state index in [2.05, 4.69) is 0 Å². The first-order valence-electron chi connectivity index (χ1n) is 28.4. The minimum Gasteiger partial charge on any atom is -0.450 e. The molecule has 7 aromatic rings. The van der Waals surface area contributed by atoms with Gasteiger partial charge in [-0.05, 0) is 59.4 Å². The van der Waals surface area contributed by atoms with Gasteiger partial charge in [0.15, 0.2) is 25.0 Å². The van der Waals surface area contributed by atoms with Gasteiger partial charge in [0.05, 0.1) is 64.0 Å². The predicted octanol–water partition coefficient (Wildman–Crippen LogP) is 10.3. The molecule has 0 spiro atoms. The van der Waals surface area contributed by atoms with E-state index in [9.17, 15) is 9.90 Å². The maximum Gasteiger partial charge on any atom is 0.338 e. The molecule has 0 aliphatic carbocycles. The van der Waals surface area contributed by atoms with Crippen LogP contribution >= 0.6 is 0 Å². The smallest absolute Gasteiger partial charge is 0.338 e. The highest BCUT2D eigenvalue weighted by molar-refractivity contribution is 5.89. The third-order valence-corrected chi connectivity index (χ3v) is 15.0. The number of hydrogen-bond acceptors (Lipinski definition) is 15. The fourth-order valence-electron chi connectivity index (χ4n) is 10.6. The Morgan fingerprint density at radius 3 is 1.19 bits per heavy atom. The van der Waals surface area contributed by atoms with Crippen molar-refractivity contribution in [2.24, 2.45) is 0 Å². The summed E-state index contributed by atoms with van der Waals surface area (Å²) in [7, 11) is 1.46. The Labute approximate surface area is 486 Å². The number of rotatable bonds is 26. The molecular weight excluding hydrogens is 1060 g/mol. The molecule has 3 heterocycles. The van der Waals surface area contributed by atoms with E-state index in [1.807, 2.05) is 202 Å². The van der Waals surface area contributed by atoms with Crippen molar-refractivity contribution in [2.45, 2.75) is 146 Å². The minimum absolute atomic E-state index is 0.0628. The first kappa shape index (κ1) is 59.6. The number of carbonyl (C=O) groups is 1. The molecule has 15 atom stereocenters. The van der Waals surface area contributed by atoms with Gasteiger partial charge < -0.3 is 66.7 Å². The van der Waals surface area contributed by atoms with Crippen LogP contribution in [0, 0.1) is 0 Å². The molecule has 10 rings (SSSR count). The molecule has 3 saturated heterocycles. The standard InChI is InChI=1S/C68H74O15/c1-46-57(73-40-49-27-13-5-14-28-49)60(56(69)66(78-46)83-62-58(74-41-50-29-15-6-16-30-50)47(2)79-67(71-3)64(62)81-65(70)54-37-23-10-24-38-54)82-68-63(77-44-53-35-21-9-22-36-53)61(76-43-52-33-19-8-20-34-52)59(75-42-51-31-17-7-18-32-51)55(80-68)45-72-39-48-25-11-4-12-26-48/h4-38,46-47,55-64,66-69H,39-45H2,1-3H3/t46-,47+,55-,56+,57+,58-,59-,60+,61+,62+,63-,64+,66-,67+,68-/m0/s1. The highest BCUT2D eigenvalue weighted by Crippen LogP contribution is 2.38. The summed E-state index contributed by atoms with van der Waals surface area (Å²) < 4.78 is 87.9. The lowest BCUT2D eigenvalue weighted by Gasteiger charge is -2.50. The van der Waals surface area contributed by atoms with Gasteiger partial charge in [-0.2, -0.15) is 0 Å². The number of ether oxygens (including phenoxy) is 13. The van der Waals surface area contributed by atoms with E-state index in [1.54, 1.807) is 24.3 Å².